The molecule has 120 valence electrons. The van der Waals surface area contributed by atoms with Crippen molar-refractivity contribution in [2.24, 2.45) is 5.92 Å². The summed E-state index contributed by atoms with van der Waals surface area (Å²) < 4.78 is 32.1. The van der Waals surface area contributed by atoms with Crippen molar-refractivity contribution in [3.63, 3.8) is 0 Å². The zero-order valence-corrected chi connectivity index (χ0v) is 13.5. The van der Waals surface area contributed by atoms with E-state index in [1.165, 1.54) is 0 Å². The molecule has 0 saturated carbocycles. The molecule has 0 fully saturated rings. The number of rotatable bonds is 6. The number of alkyl halides is 2. The van der Waals surface area contributed by atoms with Gasteiger partial charge in [0.2, 0.25) is 6.43 Å². The van der Waals surface area contributed by atoms with Gasteiger partial charge >= 0.3 is 0 Å². The van der Waals surface area contributed by atoms with Crippen LogP contribution in [0, 0.1) is 5.92 Å². The topological polar surface area (TPSA) is 29.5 Å². The highest BCUT2D eigenvalue weighted by Gasteiger charge is 2.41. The molecule has 0 radical (unpaired) electrons. The minimum Gasteiger partial charge on any atom is -0.488 e. The summed E-state index contributed by atoms with van der Waals surface area (Å²) in [4.78, 5) is 0. The zero-order chi connectivity index (χ0) is 16.3. The average Bonchev–Trinajstić information content (AvgIpc) is 2.37. The van der Waals surface area contributed by atoms with Gasteiger partial charge in [-0.1, -0.05) is 26.0 Å². The Morgan fingerprint density at radius 3 is 1.95 bits per heavy atom. The first-order valence-electron chi connectivity index (χ1n) is 7.44. The van der Waals surface area contributed by atoms with E-state index in [0.29, 0.717) is 11.3 Å². The largest absolute Gasteiger partial charge is 0.488 e. The summed E-state index contributed by atoms with van der Waals surface area (Å²) in [5, 5.41) is 10.7. The van der Waals surface area contributed by atoms with Gasteiger partial charge in [-0.15, -0.1) is 0 Å². The van der Waals surface area contributed by atoms with Crippen molar-refractivity contribution in [3.05, 3.63) is 29.8 Å². The monoisotopic (exact) mass is 300 g/mol. The fraction of sp³-hybridized carbons (Fsp3) is 0.647. The molecule has 1 aromatic rings. The van der Waals surface area contributed by atoms with Crippen LogP contribution in [-0.2, 0) is 5.60 Å². The van der Waals surface area contributed by atoms with Gasteiger partial charge in [-0.3, -0.25) is 0 Å². The highest BCUT2D eigenvalue weighted by atomic mass is 19.3. The van der Waals surface area contributed by atoms with E-state index >= 15 is 0 Å². The number of hydrogen-bond acceptors (Lipinski definition) is 2. The Hall–Kier alpha value is -1.16. The van der Waals surface area contributed by atoms with Gasteiger partial charge in [0.25, 0.3) is 0 Å². The summed E-state index contributed by atoms with van der Waals surface area (Å²) in [6.45, 7) is 9.22. The van der Waals surface area contributed by atoms with Crippen molar-refractivity contribution in [1.29, 1.82) is 0 Å². The van der Waals surface area contributed by atoms with Crippen LogP contribution in [-0.4, -0.2) is 17.1 Å². The molecule has 0 amide bonds. The third kappa shape index (κ3) is 4.40. The number of benzene rings is 1. The average molecular weight is 300 g/mol. The van der Waals surface area contributed by atoms with Crippen LogP contribution in [0.5, 0.6) is 5.75 Å². The van der Waals surface area contributed by atoms with Crippen LogP contribution in [0.3, 0.4) is 0 Å². The van der Waals surface area contributed by atoms with E-state index < -0.39 is 17.9 Å². The maximum Gasteiger partial charge on any atom is 0.244 e. The molecule has 0 heterocycles. The molecule has 4 heteroatoms. The van der Waals surface area contributed by atoms with Gasteiger partial charge in [0.1, 0.15) is 11.4 Å². The lowest BCUT2D eigenvalue weighted by molar-refractivity contribution is -0.0944. The molecule has 2 nitrogen and oxygen atoms in total. The first-order valence-corrected chi connectivity index (χ1v) is 7.44. The first kappa shape index (κ1) is 17.9. The SMILES string of the molecule is CCC(C(F)F)C(O)(CC)c1ccc(OC(C)(C)C)cc1. The van der Waals surface area contributed by atoms with Crippen molar-refractivity contribution >= 4 is 0 Å². The van der Waals surface area contributed by atoms with Gasteiger partial charge < -0.3 is 9.84 Å². The molecule has 0 aromatic heterocycles. The second-order valence-electron chi connectivity index (χ2n) is 6.37. The molecule has 2 atom stereocenters. The van der Waals surface area contributed by atoms with Gasteiger partial charge in [0.05, 0.1) is 11.5 Å². The molecular weight excluding hydrogens is 274 g/mol. The lowest BCUT2D eigenvalue weighted by Crippen LogP contribution is -2.38. The van der Waals surface area contributed by atoms with Gasteiger partial charge in [-0.05, 0) is 51.3 Å². The summed E-state index contributed by atoms with van der Waals surface area (Å²) in [5.41, 5.74) is -1.32. The fourth-order valence-electron chi connectivity index (χ4n) is 2.57. The van der Waals surface area contributed by atoms with E-state index in [9.17, 15) is 13.9 Å². The molecule has 2 unspecified atom stereocenters. The Bertz CT molecular complexity index is 437. The Morgan fingerprint density at radius 2 is 1.62 bits per heavy atom. The highest BCUT2D eigenvalue weighted by Crippen LogP contribution is 2.39. The van der Waals surface area contributed by atoms with E-state index in [2.05, 4.69) is 0 Å². The van der Waals surface area contributed by atoms with Gasteiger partial charge in [-0.25, -0.2) is 8.78 Å². The van der Waals surface area contributed by atoms with Crippen molar-refractivity contribution < 1.29 is 18.6 Å². The number of hydrogen-bond donors (Lipinski definition) is 1. The van der Waals surface area contributed by atoms with Crippen molar-refractivity contribution in [2.45, 2.75) is 65.1 Å². The molecule has 0 aliphatic heterocycles. The van der Waals surface area contributed by atoms with Gasteiger partial charge in [0, 0.05) is 0 Å². The molecule has 0 aliphatic carbocycles. The standard InChI is InChI=1S/C17H26F2O2/c1-6-14(15(18)19)17(20,7-2)12-8-10-13(11-9-12)21-16(3,4)5/h8-11,14-15,20H,6-7H2,1-5H3. The molecule has 1 rings (SSSR count). The molecule has 0 saturated heterocycles. The van der Waals surface area contributed by atoms with Crippen LogP contribution in [0.4, 0.5) is 8.78 Å². The highest BCUT2D eigenvalue weighted by molar-refractivity contribution is 5.32. The second kappa shape index (κ2) is 6.73. The Balaban J connectivity index is 3.06. The van der Waals surface area contributed by atoms with Crippen LogP contribution in [0.1, 0.15) is 53.0 Å². The van der Waals surface area contributed by atoms with Crippen LogP contribution in [0.15, 0.2) is 24.3 Å². The van der Waals surface area contributed by atoms with Crippen LogP contribution in [0.25, 0.3) is 0 Å². The fourth-order valence-corrected chi connectivity index (χ4v) is 2.57. The third-order valence-electron chi connectivity index (χ3n) is 3.67. The molecule has 0 spiro atoms. The zero-order valence-electron chi connectivity index (χ0n) is 13.5. The lowest BCUT2D eigenvalue weighted by atomic mass is 9.78. The molecule has 0 bridgehead atoms. The van der Waals surface area contributed by atoms with E-state index in [0.717, 1.165) is 0 Å². The Kier molecular flexibility index (Phi) is 5.74. The van der Waals surface area contributed by atoms with E-state index in [-0.39, 0.29) is 18.4 Å². The smallest absolute Gasteiger partial charge is 0.244 e. The maximum absolute atomic E-state index is 13.2. The quantitative estimate of drug-likeness (QED) is 0.821. The predicted molar refractivity (Wildman–Crippen MR) is 80.8 cm³/mol. The van der Waals surface area contributed by atoms with E-state index in [1.807, 2.05) is 20.8 Å². The number of halogens is 2. The summed E-state index contributed by atoms with van der Waals surface area (Å²) >= 11 is 0. The minimum absolute atomic E-state index is 0.224. The Morgan fingerprint density at radius 1 is 1.10 bits per heavy atom. The summed E-state index contributed by atoms with van der Waals surface area (Å²) in [7, 11) is 0. The van der Waals surface area contributed by atoms with Gasteiger partial charge in [0.15, 0.2) is 0 Å². The summed E-state index contributed by atoms with van der Waals surface area (Å²) in [6.07, 6.45) is -2.08. The van der Waals surface area contributed by atoms with Crippen LogP contribution in [0.2, 0.25) is 0 Å². The molecule has 1 N–H and O–H groups in total. The van der Waals surface area contributed by atoms with Crippen molar-refractivity contribution in [3.8, 4) is 5.75 Å². The third-order valence-corrected chi connectivity index (χ3v) is 3.67. The molecule has 0 aliphatic rings. The van der Waals surface area contributed by atoms with Crippen LogP contribution < -0.4 is 4.74 Å². The molecular formula is C17H26F2O2. The minimum atomic E-state index is -2.55. The van der Waals surface area contributed by atoms with Gasteiger partial charge in [-0.2, -0.15) is 0 Å². The van der Waals surface area contributed by atoms with E-state index in [1.54, 1.807) is 38.1 Å². The second-order valence-corrected chi connectivity index (χ2v) is 6.37. The first-order chi connectivity index (χ1) is 9.64. The molecule has 21 heavy (non-hydrogen) atoms. The van der Waals surface area contributed by atoms with Crippen LogP contribution >= 0.6 is 0 Å². The van der Waals surface area contributed by atoms with Crippen molar-refractivity contribution in [1.82, 2.24) is 0 Å². The number of ether oxygens (including phenoxy) is 1. The Labute approximate surface area is 126 Å². The maximum atomic E-state index is 13.2. The summed E-state index contributed by atoms with van der Waals surface area (Å²) in [5.74, 6) is -0.410. The molecule has 1 aromatic carbocycles. The lowest BCUT2D eigenvalue weighted by Gasteiger charge is -2.35. The number of aliphatic hydroxyl groups is 1. The normalized spacial score (nSPS) is 16.6. The van der Waals surface area contributed by atoms with Crippen molar-refractivity contribution in [2.75, 3.05) is 0 Å². The van der Waals surface area contributed by atoms with E-state index in [4.69, 9.17) is 4.74 Å². The predicted octanol–water partition coefficient (Wildman–Crippen LogP) is 4.75. The summed E-state index contributed by atoms with van der Waals surface area (Å²) in [6, 6.07) is 6.80.